The van der Waals surface area contributed by atoms with Gasteiger partial charge in [-0.05, 0) is 36.8 Å². The standard InChI is InChI=1S/C14H19N3O2/c15-10-12-2-1-6-16-13(12)17-11-14(3-7-18)4-8-19-9-5-14/h1-2,6,18H,3-5,7-9,11H2,(H,16,17). The fourth-order valence-electron chi connectivity index (χ4n) is 2.46. The lowest BCUT2D eigenvalue weighted by Gasteiger charge is -2.37. The van der Waals surface area contributed by atoms with Crippen LogP contribution in [0.5, 0.6) is 0 Å². The Bertz CT molecular complexity index is 445. The molecule has 2 N–H and O–H groups in total. The first-order chi connectivity index (χ1) is 9.29. The van der Waals surface area contributed by atoms with Gasteiger partial charge >= 0.3 is 0 Å². The van der Waals surface area contributed by atoms with E-state index in [0.29, 0.717) is 17.9 Å². The SMILES string of the molecule is N#Cc1cccnc1NCC1(CCO)CCOCC1. The van der Waals surface area contributed by atoms with Crippen LogP contribution in [-0.4, -0.2) is 36.5 Å². The summed E-state index contributed by atoms with van der Waals surface area (Å²) >= 11 is 0. The van der Waals surface area contributed by atoms with Crippen LogP contribution < -0.4 is 5.32 Å². The molecule has 0 radical (unpaired) electrons. The monoisotopic (exact) mass is 261 g/mol. The molecule has 19 heavy (non-hydrogen) atoms. The van der Waals surface area contributed by atoms with Gasteiger partial charge in [-0.3, -0.25) is 0 Å². The molecule has 0 spiro atoms. The Kier molecular flexibility index (Phi) is 4.72. The molecule has 2 heterocycles. The Hall–Kier alpha value is -1.64. The second-order valence-corrected chi connectivity index (χ2v) is 4.95. The summed E-state index contributed by atoms with van der Waals surface area (Å²) in [4.78, 5) is 4.20. The molecule has 1 aliphatic heterocycles. The summed E-state index contributed by atoms with van der Waals surface area (Å²) in [5, 5.41) is 21.5. The minimum Gasteiger partial charge on any atom is -0.396 e. The van der Waals surface area contributed by atoms with E-state index in [2.05, 4.69) is 16.4 Å². The fourth-order valence-corrected chi connectivity index (χ4v) is 2.46. The molecule has 0 saturated carbocycles. The third-order valence-electron chi connectivity index (χ3n) is 3.75. The van der Waals surface area contributed by atoms with Crippen molar-refractivity contribution in [3.05, 3.63) is 23.9 Å². The second-order valence-electron chi connectivity index (χ2n) is 4.95. The summed E-state index contributed by atoms with van der Waals surface area (Å²) in [5.41, 5.74) is 0.589. The highest BCUT2D eigenvalue weighted by molar-refractivity contribution is 5.51. The van der Waals surface area contributed by atoms with E-state index in [1.54, 1.807) is 18.3 Å². The predicted octanol–water partition coefficient (Wildman–Crippen LogP) is 1.54. The Morgan fingerprint density at radius 1 is 1.47 bits per heavy atom. The number of nitrogens with one attached hydrogen (secondary N) is 1. The lowest BCUT2D eigenvalue weighted by molar-refractivity contribution is 0.00901. The Balaban J connectivity index is 2.04. The summed E-state index contributed by atoms with van der Waals surface area (Å²) in [6, 6.07) is 5.63. The molecule has 0 atom stereocenters. The molecule has 2 rings (SSSR count). The molecule has 1 aromatic rings. The molecule has 0 aromatic carbocycles. The number of anilines is 1. The zero-order valence-electron chi connectivity index (χ0n) is 10.9. The van der Waals surface area contributed by atoms with Gasteiger partial charge in [0.2, 0.25) is 0 Å². The van der Waals surface area contributed by atoms with Gasteiger partial charge in [0.1, 0.15) is 11.9 Å². The largest absolute Gasteiger partial charge is 0.396 e. The number of aliphatic hydroxyl groups is 1. The van der Waals surface area contributed by atoms with Crippen LogP contribution in [0, 0.1) is 16.7 Å². The van der Waals surface area contributed by atoms with Crippen molar-refractivity contribution in [2.45, 2.75) is 19.3 Å². The number of aromatic nitrogens is 1. The average molecular weight is 261 g/mol. The van der Waals surface area contributed by atoms with Crippen LogP contribution in [0.4, 0.5) is 5.82 Å². The van der Waals surface area contributed by atoms with Crippen molar-refractivity contribution in [3.8, 4) is 6.07 Å². The van der Waals surface area contributed by atoms with E-state index in [1.165, 1.54) is 0 Å². The molecule has 5 nitrogen and oxygen atoms in total. The Morgan fingerprint density at radius 2 is 2.26 bits per heavy atom. The highest BCUT2D eigenvalue weighted by Crippen LogP contribution is 2.34. The van der Waals surface area contributed by atoms with Crippen LogP contribution in [-0.2, 0) is 4.74 Å². The summed E-state index contributed by atoms with van der Waals surface area (Å²) in [6.45, 7) is 2.35. The number of aliphatic hydroxyl groups excluding tert-OH is 1. The number of hydrogen-bond acceptors (Lipinski definition) is 5. The first-order valence-electron chi connectivity index (χ1n) is 6.57. The lowest BCUT2D eigenvalue weighted by atomic mass is 9.77. The van der Waals surface area contributed by atoms with Gasteiger partial charge in [-0.1, -0.05) is 0 Å². The molecule has 1 saturated heterocycles. The number of nitriles is 1. The van der Waals surface area contributed by atoms with E-state index in [9.17, 15) is 5.11 Å². The van der Waals surface area contributed by atoms with E-state index in [0.717, 1.165) is 32.5 Å². The van der Waals surface area contributed by atoms with E-state index in [1.807, 2.05) is 0 Å². The maximum atomic E-state index is 9.25. The molecule has 1 aromatic heterocycles. The van der Waals surface area contributed by atoms with Gasteiger partial charge in [-0.15, -0.1) is 0 Å². The van der Waals surface area contributed by atoms with Gasteiger partial charge in [-0.25, -0.2) is 4.98 Å². The zero-order valence-corrected chi connectivity index (χ0v) is 10.9. The molecular weight excluding hydrogens is 242 g/mol. The second kappa shape index (κ2) is 6.50. The lowest BCUT2D eigenvalue weighted by Crippen LogP contribution is -2.37. The van der Waals surface area contributed by atoms with Crippen molar-refractivity contribution in [2.75, 3.05) is 31.7 Å². The highest BCUT2D eigenvalue weighted by Gasteiger charge is 2.32. The van der Waals surface area contributed by atoms with E-state index < -0.39 is 0 Å². The van der Waals surface area contributed by atoms with Gasteiger partial charge in [0.05, 0.1) is 5.56 Å². The van der Waals surface area contributed by atoms with E-state index in [4.69, 9.17) is 10.00 Å². The summed E-state index contributed by atoms with van der Waals surface area (Å²) in [5.74, 6) is 0.619. The molecule has 0 aliphatic carbocycles. The van der Waals surface area contributed by atoms with Crippen LogP contribution >= 0.6 is 0 Å². The van der Waals surface area contributed by atoms with Gasteiger partial charge in [0.25, 0.3) is 0 Å². The fraction of sp³-hybridized carbons (Fsp3) is 0.571. The third kappa shape index (κ3) is 3.43. The zero-order chi connectivity index (χ0) is 13.6. The minimum atomic E-state index is 0.0389. The third-order valence-corrected chi connectivity index (χ3v) is 3.75. The molecule has 0 unspecified atom stereocenters. The molecule has 102 valence electrons. The smallest absolute Gasteiger partial charge is 0.143 e. The molecule has 0 bridgehead atoms. The maximum Gasteiger partial charge on any atom is 0.143 e. The predicted molar refractivity (Wildman–Crippen MR) is 71.6 cm³/mol. The van der Waals surface area contributed by atoms with Crippen molar-refractivity contribution in [3.63, 3.8) is 0 Å². The minimum absolute atomic E-state index is 0.0389. The van der Waals surface area contributed by atoms with Crippen molar-refractivity contribution in [1.29, 1.82) is 5.26 Å². The number of pyridine rings is 1. The van der Waals surface area contributed by atoms with Crippen LogP contribution in [0.15, 0.2) is 18.3 Å². The summed E-state index contributed by atoms with van der Waals surface area (Å²) < 4.78 is 5.39. The molecular formula is C14H19N3O2. The van der Waals surface area contributed by atoms with Crippen molar-refractivity contribution in [2.24, 2.45) is 5.41 Å². The Morgan fingerprint density at radius 3 is 2.95 bits per heavy atom. The Labute approximate surface area is 113 Å². The first-order valence-corrected chi connectivity index (χ1v) is 6.57. The summed E-state index contributed by atoms with van der Waals surface area (Å²) in [7, 11) is 0. The molecule has 5 heteroatoms. The van der Waals surface area contributed by atoms with Gasteiger partial charge in [0.15, 0.2) is 0 Å². The first kappa shape index (κ1) is 13.8. The van der Waals surface area contributed by atoms with E-state index >= 15 is 0 Å². The van der Waals surface area contributed by atoms with Crippen LogP contribution in [0.2, 0.25) is 0 Å². The van der Waals surface area contributed by atoms with Crippen molar-refractivity contribution >= 4 is 5.82 Å². The van der Waals surface area contributed by atoms with Crippen LogP contribution in [0.3, 0.4) is 0 Å². The average Bonchev–Trinajstić information content (AvgIpc) is 2.47. The van der Waals surface area contributed by atoms with Gasteiger partial charge in [0, 0.05) is 32.6 Å². The summed E-state index contributed by atoms with van der Waals surface area (Å²) in [6.07, 6.45) is 4.27. The van der Waals surface area contributed by atoms with E-state index in [-0.39, 0.29) is 12.0 Å². The maximum absolute atomic E-state index is 9.25. The van der Waals surface area contributed by atoms with Crippen molar-refractivity contribution in [1.82, 2.24) is 4.98 Å². The molecule has 0 amide bonds. The normalized spacial score (nSPS) is 17.7. The van der Waals surface area contributed by atoms with Gasteiger partial charge in [-0.2, -0.15) is 5.26 Å². The molecule has 1 fully saturated rings. The van der Waals surface area contributed by atoms with Crippen LogP contribution in [0.25, 0.3) is 0 Å². The molecule has 1 aliphatic rings. The van der Waals surface area contributed by atoms with Crippen LogP contribution in [0.1, 0.15) is 24.8 Å². The highest BCUT2D eigenvalue weighted by atomic mass is 16.5. The number of hydrogen-bond donors (Lipinski definition) is 2. The van der Waals surface area contributed by atoms with Gasteiger partial charge < -0.3 is 15.2 Å². The topological polar surface area (TPSA) is 78.2 Å². The quantitative estimate of drug-likeness (QED) is 0.840. The number of ether oxygens (including phenoxy) is 1. The number of nitrogens with zero attached hydrogens (tertiary/aromatic N) is 2. The van der Waals surface area contributed by atoms with Crippen molar-refractivity contribution < 1.29 is 9.84 Å². The number of rotatable bonds is 5.